The number of benzene rings is 2. The smallest absolute Gasteiger partial charge is 0.0552 e. The summed E-state index contributed by atoms with van der Waals surface area (Å²) in [6.45, 7) is 4.16. The van der Waals surface area contributed by atoms with Crippen LogP contribution in [0, 0.1) is 13.8 Å². The lowest BCUT2D eigenvalue weighted by atomic mass is 9.96. The van der Waals surface area contributed by atoms with Crippen molar-refractivity contribution in [3.63, 3.8) is 0 Å². The Kier molecular flexibility index (Phi) is 4.10. The van der Waals surface area contributed by atoms with E-state index in [4.69, 9.17) is 17.3 Å². The fourth-order valence-corrected chi connectivity index (χ4v) is 2.52. The van der Waals surface area contributed by atoms with Crippen molar-refractivity contribution in [2.75, 3.05) is 0 Å². The van der Waals surface area contributed by atoms with Crippen LogP contribution in [0.5, 0.6) is 0 Å². The second kappa shape index (κ2) is 5.43. The third kappa shape index (κ3) is 2.94. The molecule has 0 saturated heterocycles. The van der Waals surface area contributed by atoms with E-state index in [-0.39, 0.29) is 6.04 Å². The van der Waals surface area contributed by atoms with Gasteiger partial charge in [0.05, 0.1) is 11.1 Å². The second-order valence-corrected chi connectivity index (χ2v) is 5.83. The van der Waals surface area contributed by atoms with Gasteiger partial charge in [-0.25, -0.2) is 0 Å². The zero-order chi connectivity index (χ0) is 13.3. The van der Waals surface area contributed by atoms with Gasteiger partial charge in [-0.05, 0) is 53.0 Å². The summed E-state index contributed by atoms with van der Waals surface area (Å²) in [4.78, 5) is 0. The van der Waals surface area contributed by atoms with Crippen molar-refractivity contribution < 1.29 is 0 Å². The maximum Gasteiger partial charge on any atom is 0.0552 e. The lowest BCUT2D eigenvalue weighted by Gasteiger charge is -2.15. The van der Waals surface area contributed by atoms with Gasteiger partial charge in [-0.3, -0.25) is 0 Å². The SMILES string of the molecule is Cc1cc(C)cc(C(N)c2ccc(Br)c(Cl)c2)c1. The van der Waals surface area contributed by atoms with E-state index in [9.17, 15) is 0 Å². The van der Waals surface area contributed by atoms with Gasteiger partial charge in [-0.1, -0.05) is 47.0 Å². The van der Waals surface area contributed by atoms with Crippen LogP contribution >= 0.6 is 27.5 Å². The van der Waals surface area contributed by atoms with Gasteiger partial charge in [0.15, 0.2) is 0 Å². The van der Waals surface area contributed by atoms with Crippen LogP contribution in [0.4, 0.5) is 0 Å². The lowest BCUT2D eigenvalue weighted by molar-refractivity contribution is 0.867. The van der Waals surface area contributed by atoms with Gasteiger partial charge in [-0.15, -0.1) is 0 Å². The highest BCUT2D eigenvalue weighted by atomic mass is 79.9. The third-order valence-corrected chi connectivity index (χ3v) is 4.14. The molecule has 2 aromatic carbocycles. The normalized spacial score (nSPS) is 12.5. The van der Waals surface area contributed by atoms with Crippen LogP contribution in [-0.4, -0.2) is 0 Å². The minimum atomic E-state index is -0.144. The molecule has 0 radical (unpaired) electrons. The molecule has 0 aliphatic heterocycles. The first-order valence-electron chi connectivity index (χ1n) is 5.76. The predicted octanol–water partition coefficient (Wildman–Crippen LogP) is 4.77. The van der Waals surface area contributed by atoms with Crippen LogP contribution in [0.25, 0.3) is 0 Å². The molecule has 1 atom stereocenters. The monoisotopic (exact) mass is 323 g/mol. The van der Waals surface area contributed by atoms with Crippen molar-refractivity contribution in [1.29, 1.82) is 0 Å². The topological polar surface area (TPSA) is 26.0 Å². The summed E-state index contributed by atoms with van der Waals surface area (Å²) in [7, 11) is 0. The van der Waals surface area contributed by atoms with E-state index in [0.717, 1.165) is 15.6 Å². The summed E-state index contributed by atoms with van der Waals surface area (Å²) in [6.07, 6.45) is 0. The Morgan fingerprint density at radius 1 is 1.00 bits per heavy atom. The Labute approximate surface area is 121 Å². The van der Waals surface area contributed by atoms with Crippen LogP contribution < -0.4 is 5.73 Å². The predicted molar refractivity (Wildman–Crippen MR) is 81.1 cm³/mol. The van der Waals surface area contributed by atoms with E-state index in [0.29, 0.717) is 5.02 Å². The van der Waals surface area contributed by atoms with Crippen molar-refractivity contribution in [2.24, 2.45) is 5.73 Å². The zero-order valence-electron chi connectivity index (χ0n) is 10.4. The molecule has 0 amide bonds. The number of aryl methyl sites for hydroxylation is 2. The summed E-state index contributed by atoms with van der Waals surface area (Å²) >= 11 is 9.49. The molecule has 1 unspecified atom stereocenters. The van der Waals surface area contributed by atoms with Crippen molar-refractivity contribution in [2.45, 2.75) is 19.9 Å². The van der Waals surface area contributed by atoms with Crippen LogP contribution in [0.2, 0.25) is 5.02 Å². The molecule has 0 bridgehead atoms. The Morgan fingerprint density at radius 2 is 1.61 bits per heavy atom. The second-order valence-electron chi connectivity index (χ2n) is 4.57. The van der Waals surface area contributed by atoms with E-state index in [2.05, 4.69) is 48.0 Å². The summed E-state index contributed by atoms with van der Waals surface area (Å²) in [5, 5.41) is 0.687. The van der Waals surface area contributed by atoms with Crippen molar-refractivity contribution in [3.8, 4) is 0 Å². The van der Waals surface area contributed by atoms with E-state index in [1.807, 2.05) is 18.2 Å². The molecular weight excluding hydrogens is 310 g/mol. The standard InChI is InChI=1S/C15H15BrClN/c1-9-5-10(2)7-12(6-9)15(18)11-3-4-13(16)14(17)8-11/h3-8,15H,18H2,1-2H3. The molecule has 0 aromatic heterocycles. The van der Waals surface area contributed by atoms with Crippen LogP contribution in [-0.2, 0) is 0 Å². The van der Waals surface area contributed by atoms with E-state index < -0.39 is 0 Å². The molecule has 18 heavy (non-hydrogen) atoms. The van der Waals surface area contributed by atoms with Crippen molar-refractivity contribution >= 4 is 27.5 Å². The number of nitrogens with two attached hydrogens (primary N) is 1. The fourth-order valence-electron chi connectivity index (χ4n) is 2.09. The van der Waals surface area contributed by atoms with Gasteiger partial charge in [0.1, 0.15) is 0 Å². The van der Waals surface area contributed by atoms with E-state index >= 15 is 0 Å². The van der Waals surface area contributed by atoms with Crippen molar-refractivity contribution in [1.82, 2.24) is 0 Å². The van der Waals surface area contributed by atoms with Crippen LogP contribution in [0.3, 0.4) is 0 Å². The maximum atomic E-state index is 6.30. The molecule has 0 saturated carbocycles. The molecule has 0 spiro atoms. The molecule has 0 fully saturated rings. The molecule has 2 rings (SSSR count). The average molecular weight is 325 g/mol. The molecule has 0 aliphatic rings. The van der Waals surface area contributed by atoms with E-state index in [1.54, 1.807) is 0 Å². The summed E-state index contributed by atoms with van der Waals surface area (Å²) < 4.78 is 0.889. The zero-order valence-corrected chi connectivity index (χ0v) is 12.7. The molecule has 0 heterocycles. The first kappa shape index (κ1) is 13.6. The van der Waals surface area contributed by atoms with E-state index in [1.165, 1.54) is 11.1 Å². The molecule has 3 heteroatoms. The number of hydrogen-bond donors (Lipinski definition) is 1. The average Bonchev–Trinajstić information content (AvgIpc) is 2.30. The van der Waals surface area contributed by atoms with Gasteiger partial charge in [-0.2, -0.15) is 0 Å². The number of rotatable bonds is 2. The Bertz CT molecular complexity index is 560. The van der Waals surface area contributed by atoms with Gasteiger partial charge in [0.2, 0.25) is 0 Å². The quantitative estimate of drug-likeness (QED) is 0.846. The lowest BCUT2D eigenvalue weighted by Crippen LogP contribution is -2.12. The largest absolute Gasteiger partial charge is 0.320 e. The minimum absolute atomic E-state index is 0.144. The minimum Gasteiger partial charge on any atom is -0.320 e. The van der Waals surface area contributed by atoms with Gasteiger partial charge in [0, 0.05) is 4.47 Å². The fraction of sp³-hybridized carbons (Fsp3) is 0.200. The summed E-state index contributed by atoms with van der Waals surface area (Å²) in [5.41, 5.74) is 10.9. The highest BCUT2D eigenvalue weighted by Gasteiger charge is 2.11. The van der Waals surface area contributed by atoms with Crippen molar-refractivity contribution in [3.05, 3.63) is 68.1 Å². The van der Waals surface area contributed by atoms with Gasteiger partial charge in [0.25, 0.3) is 0 Å². The molecule has 2 aromatic rings. The Hall–Kier alpha value is -0.830. The van der Waals surface area contributed by atoms with Gasteiger partial charge < -0.3 is 5.73 Å². The number of halogens is 2. The molecule has 2 N–H and O–H groups in total. The third-order valence-electron chi connectivity index (χ3n) is 2.91. The highest BCUT2D eigenvalue weighted by molar-refractivity contribution is 9.10. The van der Waals surface area contributed by atoms with Crippen LogP contribution in [0.1, 0.15) is 28.3 Å². The van der Waals surface area contributed by atoms with Crippen LogP contribution in [0.15, 0.2) is 40.9 Å². The van der Waals surface area contributed by atoms with Gasteiger partial charge >= 0.3 is 0 Å². The highest BCUT2D eigenvalue weighted by Crippen LogP contribution is 2.28. The summed E-state index contributed by atoms with van der Waals surface area (Å²) in [5.74, 6) is 0. The molecular formula is C15H15BrClN. The Morgan fingerprint density at radius 3 is 2.17 bits per heavy atom. The molecule has 94 valence electrons. The molecule has 0 aliphatic carbocycles. The summed E-state index contributed by atoms with van der Waals surface area (Å²) in [6, 6.07) is 12.1. The first-order chi connectivity index (χ1) is 8.47. The number of hydrogen-bond acceptors (Lipinski definition) is 1. The Balaban J connectivity index is 2.40. The molecule has 1 nitrogen and oxygen atoms in total. The first-order valence-corrected chi connectivity index (χ1v) is 6.93. The maximum absolute atomic E-state index is 6.30.